The second-order valence-corrected chi connectivity index (χ2v) is 4.32. The zero-order chi connectivity index (χ0) is 15.4. The number of aryl methyl sites for hydroxylation is 1. The van der Waals surface area contributed by atoms with Gasteiger partial charge in [0.15, 0.2) is 11.5 Å². The van der Waals surface area contributed by atoms with Crippen LogP contribution in [0.25, 0.3) is 0 Å². The van der Waals surface area contributed by atoms with Gasteiger partial charge in [-0.3, -0.25) is 0 Å². The maximum atomic E-state index is 11.9. The summed E-state index contributed by atoms with van der Waals surface area (Å²) < 4.78 is 1.68. The molecule has 2 rings (SSSR count). The van der Waals surface area contributed by atoms with Crippen LogP contribution in [0.3, 0.4) is 0 Å². The predicted molar refractivity (Wildman–Crippen MR) is 72.8 cm³/mol. The van der Waals surface area contributed by atoms with Crippen molar-refractivity contribution < 1.29 is 14.7 Å². The van der Waals surface area contributed by atoms with Crippen LogP contribution < -0.4 is 10.6 Å². The standard InChI is InChI=1S/C12H14N6O3/c1-7(10-17-14-6-18(10)2)15-12(21)16-8-4-3-5-13-9(8)11(19)20/h3-7H,1-2H3,(H,19,20)(H2,15,16,21). The van der Waals surface area contributed by atoms with Crippen LogP contribution >= 0.6 is 0 Å². The van der Waals surface area contributed by atoms with Crippen LogP contribution in [0.2, 0.25) is 0 Å². The number of carbonyl (C=O) groups is 2. The Labute approximate surface area is 120 Å². The van der Waals surface area contributed by atoms with Gasteiger partial charge in [0.1, 0.15) is 6.33 Å². The Morgan fingerprint density at radius 2 is 2.19 bits per heavy atom. The summed E-state index contributed by atoms with van der Waals surface area (Å²) in [6.45, 7) is 1.74. The Hall–Kier alpha value is -2.97. The van der Waals surface area contributed by atoms with Crippen molar-refractivity contribution in [3.05, 3.63) is 36.2 Å². The van der Waals surface area contributed by atoms with Gasteiger partial charge in [-0.1, -0.05) is 0 Å². The van der Waals surface area contributed by atoms with Crippen molar-refractivity contribution in [1.82, 2.24) is 25.1 Å². The highest BCUT2D eigenvalue weighted by molar-refractivity contribution is 5.98. The van der Waals surface area contributed by atoms with Gasteiger partial charge < -0.3 is 20.3 Å². The van der Waals surface area contributed by atoms with E-state index < -0.39 is 12.0 Å². The minimum Gasteiger partial charge on any atom is -0.476 e. The monoisotopic (exact) mass is 290 g/mol. The first-order chi connectivity index (χ1) is 9.99. The summed E-state index contributed by atoms with van der Waals surface area (Å²) in [5, 5.41) is 21.7. The average molecular weight is 290 g/mol. The molecule has 0 aromatic carbocycles. The number of carboxylic acids is 1. The molecule has 9 nitrogen and oxygen atoms in total. The van der Waals surface area contributed by atoms with Crippen molar-refractivity contribution in [1.29, 1.82) is 0 Å². The molecular formula is C12H14N6O3. The molecule has 2 amide bonds. The first-order valence-electron chi connectivity index (χ1n) is 6.08. The highest BCUT2D eigenvalue weighted by Gasteiger charge is 2.17. The van der Waals surface area contributed by atoms with Crippen molar-refractivity contribution >= 4 is 17.7 Å². The molecule has 0 saturated carbocycles. The number of urea groups is 1. The summed E-state index contributed by atoms with van der Waals surface area (Å²) in [5.41, 5.74) is -0.105. The Bertz CT molecular complexity index is 669. The normalized spacial score (nSPS) is 11.7. The Morgan fingerprint density at radius 1 is 1.43 bits per heavy atom. The maximum absolute atomic E-state index is 11.9. The lowest BCUT2D eigenvalue weighted by atomic mass is 10.3. The van der Waals surface area contributed by atoms with Crippen molar-refractivity contribution in [2.24, 2.45) is 7.05 Å². The van der Waals surface area contributed by atoms with Gasteiger partial charge in [0, 0.05) is 13.2 Å². The third-order valence-corrected chi connectivity index (χ3v) is 2.74. The molecule has 0 aliphatic heterocycles. The number of aromatic nitrogens is 4. The average Bonchev–Trinajstić information content (AvgIpc) is 2.85. The molecule has 21 heavy (non-hydrogen) atoms. The molecule has 0 aliphatic rings. The molecule has 2 heterocycles. The second-order valence-electron chi connectivity index (χ2n) is 4.32. The van der Waals surface area contributed by atoms with E-state index in [1.54, 1.807) is 18.5 Å². The summed E-state index contributed by atoms with van der Waals surface area (Å²) >= 11 is 0. The molecule has 1 atom stereocenters. The highest BCUT2D eigenvalue weighted by atomic mass is 16.4. The molecule has 0 radical (unpaired) electrons. The van der Waals surface area contributed by atoms with Crippen LogP contribution in [-0.4, -0.2) is 36.9 Å². The van der Waals surface area contributed by atoms with Crippen LogP contribution in [-0.2, 0) is 7.05 Å². The van der Waals surface area contributed by atoms with Crippen LogP contribution in [0.4, 0.5) is 10.5 Å². The molecule has 9 heteroatoms. The van der Waals surface area contributed by atoms with Crippen molar-refractivity contribution in [3.8, 4) is 0 Å². The van der Waals surface area contributed by atoms with E-state index in [0.717, 1.165) is 0 Å². The first kappa shape index (κ1) is 14.4. The van der Waals surface area contributed by atoms with Crippen LogP contribution in [0, 0.1) is 0 Å². The van der Waals surface area contributed by atoms with Gasteiger partial charge in [0.25, 0.3) is 0 Å². The lowest BCUT2D eigenvalue weighted by Crippen LogP contribution is -2.33. The number of hydrogen-bond acceptors (Lipinski definition) is 5. The number of rotatable bonds is 4. The Kier molecular flexibility index (Phi) is 4.12. The van der Waals surface area contributed by atoms with E-state index in [1.807, 2.05) is 0 Å². The molecule has 110 valence electrons. The largest absolute Gasteiger partial charge is 0.476 e. The van der Waals surface area contributed by atoms with Crippen LogP contribution in [0.1, 0.15) is 29.3 Å². The van der Waals surface area contributed by atoms with Crippen molar-refractivity contribution in [2.75, 3.05) is 5.32 Å². The minimum absolute atomic E-state index is 0.118. The molecule has 0 aliphatic carbocycles. The van der Waals surface area contributed by atoms with E-state index in [-0.39, 0.29) is 17.4 Å². The smallest absolute Gasteiger partial charge is 0.356 e. The first-order valence-corrected chi connectivity index (χ1v) is 6.08. The summed E-state index contributed by atoms with van der Waals surface area (Å²) in [6, 6.07) is 2.06. The lowest BCUT2D eigenvalue weighted by molar-refractivity contribution is 0.0691. The second kappa shape index (κ2) is 5.99. The van der Waals surface area contributed by atoms with Gasteiger partial charge in [0.05, 0.1) is 11.7 Å². The van der Waals surface area contributed by atoms with E-state index in [1.165, 1.54) is 24.7 Å². The Morgan fingerprint density at radius 3 is 2.81 bits per heavy atom. The molecule has 0 saturated heterocycles. The van der Waals surface area contributed by atoms with Gasteiger partial charge in [-0.2, -0.15) is 0 Å². The molecule has 0 bridgehead atoms. The van der Waals surface area contributed by atoms with Gasteiger partial charge in [-0.05, 0) is 19.1 Å². The van der Waals surface area contributed by atoms with Crippen molar-refractivity contribution in [2.45, 2.75) is 13.0 Å². The summed E-state index contributed by atoms with van der Waals surface area (Å²) in [7, 11) is 1.76. The molecular weight excluding hydrogens is 276 g/mol. The zero-order valence-electron chi connectivity index (χ0n) is 11.4. The maximum Gasteiger partial charge on any atom is 0.356 e. The van der Waals surface area contributed by atoms with E-state index in [2.05, 4.69) is 25.8 Å². The molecule has 0 fully saturated rings. The fraction of sp³-hybridized carbons (Fsp3) is 0.250. The Balaban J connectivity index is 2.06. The summed E-state index contributed by atoms with van der Waals surface area (Å²) in [5.74, 6) is -0.637. The van der Waals surface area contributed by atoms with Crippen molar-refractivity contribution in [3.63, 3.8) is 0 Å². The third-order valence-electron chi connectivity index (χ3n) is 2.74. The lowest BCUT2D eigenvalue weighted by Gasteiger charge is -2.14. The predicted octanol–water partition coefficient (Wildman–Crippen LogP) is 0.791. The van der Waals surface area contributed by atoms with Crippen LogP contribution in [0.5, 0.6) is 0 Å². The summed E-state index contributed by atoms with van der Waals surface area (Å²) in [4.78, 5) is 26.6. The van der Waals surface area contributed by atoms with Gasteiger partial charge in [-0.25, -0.2) is 14.6 Å². The van der Waals surface area contributed by atoms with E-state index in [4.69, 9.17) is 5.11 Å². The summed E-state index contributed by atoms with van der Waals surface area (Å²) in [6.07, 6.45) is 2.86. The number of pyridine rings is 1. The molecule has 3 N–H and O–H groups in total. The van der Waals surface area contributed by atoms with E-state index in [9.17, 15) is 9.59 Å². The molecule has 2 aromatic heterocycles. The number of nitrogens with one attached hydrogen (secondary N) is 2. The van der Waals surface area contributed by atoms with Gasteiger partial charge in [0.2, 0.25) is 0 Å². The van der Waals surface area contributed by atoms with Gasteiger partial charge >= 0.3 is 12.0 Å². The number of carbonyl (C=O) groups excluding carboxylic acids is 1. The van der Waals surface area contributed by atoms with Gasteiger partial charge in [-0.15, -0.1) is 10.2 Å². The number of hydrogen-bond donors (Lipinski definition) is 3. The number of nitrogens with zero attached hydrogens (tertiary/aromatic N) is 4. The third kappa shape index (κ3) is 3.32. The topological polar surface area (TPSA) is 122 Å². The fourth-order valence-electron chi connectivity index (χ4n) is 1.78. The number of aromatic carboxylic acids is 1. The number of carboxylic acid groups (broad SMARTS) is 1. The van der Waals surface area contributed by atoms with Crippen LogP contribution in [0.15, 0.2) is 24.7 Å². The molecule has 1 unspecified atom stereocenters. The van der Waals surface area contributed by atoms with E-state index in [0.29, 0.717) is 5.82 Å². The molecule has 0 spiro atoms. The number of amides is 2. The molecule has 2 aromatic rings. The number of anilines is 1. The quantitative estimate of drug-likeness (QED) is 0.765. The fourth-order valence-corrected chi connectivity index (χ4v) is 1.78. The SMILES string of the molecule is CC(NC(=O)Nc1cccnc1C(=O)O)c1nncn1C. The minimum atomic E-state index is -1.22. The highest BCUT2D eigenvalue weighted by Crippen LogP contribution is 2.13. The zero-order valence-corrected chi connectivity index (χ0v) is 11.4. The van der Waals surface area contributed by atoms with E-state index >= 15 is 0 Å².